The summed E-state index contributed by atoms with van der Waals surface area (Å²) in [6, 6.07) is 9.86. The van der Waals surface area contributed by atoms with Crippen LogP contribution in [0.3, 0.4) is 0 Å². The molecule has 0 heterocycles. The molecule has 0 spiro atoms. The zero-order valence-corrected chi connectivity index (χ0v) is 11.6. The fraction of sp³-hybridized carbons (Fsp3) is 0. The number of nitrogens with two attached hydrogens (primary N) is 2. The topological polar surface area (TPSA) is 69.1 Å². The van der Waals surface area contributed by atoms with Gasteiger partial charge in [-0.15, -0.1) is 0 Å². The summed E-state index contributed by atoms with van der Waals surface area (Å²) >= 11 is 9.10. The number of halogens is 2. The van der Waals surface area contributed by atoms with Gasteiger partial charge < -0.3 is 11.5 Å². The maximum atomic E-state index is 12.2. The van der Waals surface area contributed by atoms with Gasteiger partial charge in [0, 0.05) is 21.3 Å². The average molecular weight is 326 g/mol. The quantitative estimate of drug-likeness (QED) is 0.656. The highest BCUT2D eigenvalue weighted by Crippen LogP contribution is 2.24. The lowest BCUT2D eigenvalue weighted by Crippen LogP contribution is -2.03. The van der Waals surface area contributed by atoms with Gasteiger partial charge in [0.15, 0.2) is 5.78 Å². The number of hydrogen-bond donors (Lipinski definition) is 2. The van der Waals surface area contributed by atoms with Gasteiger partial charge in [-0.3, -0.25) is 4.79 Å². The molecule has 0 amide bonds. The van der Waals surface area contributed by atoms with Crippen molar-refractivity contribution in [1.29, 1.82) is 0 Å². The predicted molar refractivity (Wildman–Crippen MR) is 77.9 cm³/mol. The minimum absolute atomic E-state index is 0.141. The first-order valence-electron chi connectivity index (χ1n) is 5.14. The van der Waals surface area contributed by atoms with Gasteiger partial charge in [-0.2, -0.15) is 0 Å². The molecule has 92 valence electrons. The molecule has 2 aromatic carbocycles. The molecule has 0 aliphatic rings. The summed E-state index contributed by atoms with van der Waals surface area (Å²) < 4.78 is 0.759. The molecule has 0 aliphatic carbocycles. The molecule has 0 saturated carbocycles. The van der Waals surface area contributed by atoms with Crippen molar-refractivity contribution in [2.75, 3.05) is 11.5 Å². The molecule has 0 aromatic heterocycles. The fourth-order valence-corrected chi connectivity index (χ4v) is 1.90. The molecule has 4 N–H and O–H groups in total. The van der Waals surface area contributed by atoms with Gasteiger partial charge in [0.2, 0.25) is 0 Å². The first kappa shape index (κ1) is 12.9. The van der Waals surface area contributed by atoms with Crippen LogP contribution in [-0.4, -0.2) is 5.78 Å². The smallest absolute Gasteiger partial charge is 0.193 e. The predicted octanol–water partition coefficient (Wildman–Crippen LogP) is 3.50. The van der Waals surface area contributed by atoms with Crippen LogP contribution in [0.1, 0.15) is 15.9 Å². The van der Waals surface area contributed by atoms with Crippen LogP contribution in [0.5, 0.6) is 0 Å². The summed E-state index contributed by atoms with van der Waals surface area (Å²) in [6.45, 7) is 0. The highest BCUT2D eigenvalue weighted by molar-refractivity contribution is 9.10. The standard InChI is InChI=1S/C13H10BrClN2O/c14-9-3-1-7(5-11(9)16)13(18)8-2-4-10(15)12(17)6-8/h1-6H,16-17H2. The molecular weight excluding hydrogens is 316 g/mol. The molecule has 0 radical (unpaired) electrons. The Balaban J connectivity index is 2.41. The molecule has 0 unspecified atom stereocenters. The second-order valence-electron chi connectivity index (χ2n) is 3.80. The zero-order chi connectivity index (χ0) is 13.3. The van der Waals surface area contributed by atoms with Gasteiger partial charge in [-0.05, 0) is 52.3 Å². The van der Waals surface area contributed by atoms with Gasteiger partial charge in [0.25, 0.3) is 0 Å². The highest BCUT2D eigenvalue weighted by Gasteiger charge is 2.11. The van der Waals surface area contributed by atoms with E-state index in [1.54, 1.807) is 36.4 Å². The Morgan fingerprint density at radius 1 is 1.00 bits per heavy atom. The molecule has 0 atom stereocenters. The SMILES string of the molecule is Nc1cc(C(=O)c2ccc(Br)c(N)c2)ccc1Cl. The first-order chi connectivity index (χ1) is 8.49. The number of carbonyl (C=O) groups excluding carboxylic acids is 1. The lowest BCUT2D eigenvalue weighted by molar-refractivity contribution is 0.103. The van der Waals surface area contributed by atoms with E-state index in [1.807, 2.05) is 0 Å². The number of benzene rings is 2. The minimum atomic E-state index is -0.141. The van der Waals surface area contributed by atoms with Crippen molar-refractivity contribution in [1.82, 2.24) is 0 Å². The fourth-order valence-electron chi connectivity index (χ4n) is 1.54. The number of ketones is 1. The van der Waals surface area contributed by atoms with Gasteiger partial charge in [0.1, 0.15) is 0 Å². The van der Waals surface area contributed by atoms with E-state index in [1.165, 1.54) is 0 Å². The Morgan fingerprint density at radius 2 is 1.56 bits per heavy atom. The Morgan fingerprint density at radius 3 is 2.11 bits per heavy atom. The summed E-state index contributed by atoms with van der Waals surface area (Å²) in [5.41, 5.74) is 13.3. The minimum Gasteiger partial charge on any atom is -0.398 e. The molecule has 5 heteroatoms. The number of rotatable bonds is 2. The Bertz CT molecular complexity index is 575. The molecular formula is C13H10BrClN2O. The Hall–Kier alpha value is -1.52. The van der Waals surface area contributed by atoms with Crippen LogP contribution in [0.2, 0.25) is 5.02 Å². The van der Waals surface area contributed by atoms with Crippen LogP contribution in [-0.2, 0) is 0 Å². The normalized spacial score (nSPS) is 10.3. The van der Waals surface area contributed by atoms with Gasteiger partial charge >= 0.3 is 0 Å². The second-order valence-corrected chi connectivity index (χ2v) is 5.06. The van der Waals surface area contributed by atoms with E-state index in [-0.39, 0.29) is 5.78 Å². The van der Waals surface area contributed by atoms with Crippen molar-refractivity contribution in [2.24, 2.45) is 0 Å². The maximum absolute atomic E-state index is 12.2. The van der Waals surface area contributed by atoms with Crippen LogP contribution in [0.15, 0.2) is 40.9 Å². The zero-order valence-electron chi connectivity index (χ0n) is 9.28. The maximum Gasteiger partial charge on any atom is 0.193 e. The molecule has 18 heavy (non-hydrogen) atoms. The molecule has 0 aliphatic heterocycles. The second kappa shape index (κ2) is 5.00. The molecule has 0 fully saturated rings. The van der Waals surface area contributed by atoms with Crippen molar-refractivity contribution in [2.45, 2.75) is 0 Å². The number of hydrogen-bond acceptors (Lipinski definition) is 3. The van der Waals surface area contributed by atoms with Gasteiger partial charge in [-0.25, -0.2) is 0 Å². The third-order valence-corrected chi connectivity index (χ3v) is 3.58. The van der Waals surface area contributed by atoms with Crippen molar-refractivity contribution in [3.63, 3.8) is 0 Å². The number of carbonyl (C=O) groups is 1. The van der Waals surface area contributed by atoms with Crippen molar-refractivity contribution < 1.29 is 4.79 Å². The van der Waals surface area contributed by atoms with E-state index in [0.717, 1.165) is 4.47 Å². The summed E-state index contributed by atoms with van der Waals surface area (Å²) in [5, 5.41) is 0.432. The summed E-state index contributed by atoms with van der Waals surface area (Å²) in [6.07, 6.45) is 0. The van der Waals surface area contributed by atoms with E-state index in [2.05, 4.69) is 15.9 Å². The third kappa shape index (κ3) is 2.49. The van der Waals surface area contributed by atoms with Gasteiger partial charge in [-0.1, -0.05) is 11.6 Å². The van der Waals surface area contributed by atoms with E-state index in [0.29, 0.717) is 27.5 Å². The van der Waals surface area contributed by atoms with Crippen LogP contribution >= 0.6 is 27.5 Å². The average Bonchev–Trinajstić information content (AvgIpc) is 2.35. The van der Waals surface area contributed by atoms with Crippen LogP contribution < -0.4 is 11.5 Å². The molecule has 2 rings (SSSR count). The summed E-state index contributed by atoms with van der Waals surface area (Å²) in [7, 11) is 0. The monoisotopic (exact) mass is 324 g/mol. The molecule has 0 saturated heterocycles. The Labute approximate surface area is 118 Å². The van der Waals surface area contributed by atoms with Crippen LogP contribution in [0.25, 0.3) is 0 Å². The molecule has 0 bridgehead atoms. The van der Waals surface area contributed by atoms with E-state index >= 15 is 0 Å². The van der Waals surface area contributed by atoms with E-state index < -0.39 is 0 Å². The first-order valence-corrected chi connectivity index (χ1v) is 6.31. The van der Waals surface area contributed by atoms with E-state index in [9.17, 15) is 4.79 Å². The third-order valence-electron chi connectivity index (χ3n) is 2.52. The Kier molecular flexibility index (Phi) is 3.59. The number of nitrogen functional groups attached to an aromatic ring is 2. The molecule has 3 nitrogen and oxygen atoms in total. The summed E-state index contributed by atoms with van der Waals surface area (Å²) in [4.78, 5) is 12.2. The highest BCUT2D eigenvalue weighted by atomic mass is 79.9. The largest absolute Gasteiger partial charge is 0.398 e. The molecule has 2 aromatic rings. The van der Waals surface area contributed by atoms with Crippen LogP contribution in [0.4, 0.5) is 11.4 Å². The van der Waals surface area contributed by atoms with Gasteiger partial charge in [0.05, 0.1) is 10.7 Å². The lowest BCUT2D eigenvalue weighted by Gasteiger charge is -2.05. The van der Waals surface area contributed by atoms with Crippen molar-refractivity contribution in [3.05, 3.63) is 57.0 Å². The number of anilines is 2. The van der Waals surface area contributed by atoms with Crippen molar-refractivity contribution >= 4 is 44.7 Å². The summed E-state index contributed by atoms with van der Waals surface area (Å²) in [5.74, 6) is -0.141. The lowest BCUT2D eigenvalue weighted by atomic mass is 10.0. The van der Waals surface area contributed by atoms with Crippen molar-refractivity contribution in [3.8, 4) is 0 Å². The van der Waals surface area contributed by atoms with Crippen LogP contribution in [0, 0.1) is 0 Å². The van der Waals surface area contributed by atoms with E-state index in [4.69, 9.17) is 23.1 Å².